The van der Waals surface area contributed by atoms with Gasteiger partial charge in [0.2, 0.25) is 17.6 Å². The van der Waals surface area contributed by atoms with E-state index < -0.39 is 0 Å². The van der Waals surface area contributed by atoms with Gasteiger partial charge in [0, 0.05) is 18.4 Å². The minimum absolute atomic E-state index is 0.163. The number of halogens is 2. The molecule has 0 atom stereocenters. The first-order valence-electron chi connectivity index (χ1n) is 9.32. The van der Waals surface area contributed by atoms with Crippen molar-refractivity contribution in [3.63, 3.8) is 0 Å². The predicted molar refractivity (Wildman–Crippen MR) is 119 cm³/mol. The van der Waals surface area contributed by atoms with Crippen LogP contribution < -0.4 is 5.32 Å². The summed E-state index contributed by atoms with van der Waals surface area (Å²) in [5.74, 6) is 0.633. The van der Waals surface area contributed by atoms with Crippen molar-refractivity contribution in [1.29, 1.82) is 0 Å². The van der Waals surface area contributed by atoms with Gasteiger partial charge in [-0.15, -0.1) is 0 Å². The van der Waals surface area contributed by atoms with Crippen LogP contribution in [0, 0.1) is 0 Å². The van der Waals surface area contributed by atoms with Gasteiger partial charge in [-0.3, -0.25) is 4.79 Å². The first-order valence-corrected chi connectivity index (χ1v) is 10.1. The van der Waals surface area contributed by atoms with Gasteiger partial charge in [-0.2, -0.15) is 4.98 Å². The van der Waals surface area contributed by atoms with E-state index in [0.717, 1.165) is 16.7 Å². The van der Waals surface area contributed by atoms with Gasteiger partial charge in [-0.1, -0.05) is 89.0 Å². The Morgan fingerprint density at radius 2 is 1.47 bits per heavy atom. The lowest BCUT2D eigenvalue weighted by molar-refractivity contribution is -0.116. The Balaban J connectivity index is 1.38. The van der Waals surface area contributed by atoms with Gasteiger partial charge < -0.3 is 9.84 Å². The number of aryl methyl sites for hydroxylation is 1. The van der Waals surface area contributed by atoms with Crippen LogP contribution in [0.15, 0.2) is 77.3 Å². The summed E-state index contributed by atoms with van der Waals surface area (Å²) in [4.78, 5) is 16.6. The minimum Gasteiger partial charge on any atom is -0.339 e. The SMILES string of the molecule is O=C(CCc1nc(-c2ccc(-c3ccccc3)cc2)no1)Nc1c(Cl)cccc1Cl. The molecule has 5 nitrogen and oxygen atoms in total. The monoisotopic (exact) mass is 437 g/mol. The second-order valence-electron chi connectivity index (χ2n) is 6.60. The first kappa shape index (κ1) is 20.1. The normalized spacial score (nSPS) is 10.7. The molecule has 30 heavy (non-hydrogen) atoms. The zero-order valence-electron chi connectivity index (χ0n) is 15.8. The highest BCUT2D eigenvalue weighted by Crippen LogP contribution is 2.30. The van der Waals surface area contributed by atoms with Crippen molar-refractivity contribution in [3.8, 4) is 22.5 Å². The number of carbonyl (C=O) groups is 1. The lowest BCUT2D eigenvalue weighted by atomic mass is 10.0. The molecule has 0 aliphatic rings. The van der Waals surface area contributed by atoms with Crippen LogP contribution in [0.1, 0.15) is 12.3 Å². The predicted octanol–water partition coefficient (Wildman–Crippen LogP) is 6.28. The zero-order valence-corrected chi connectivity index (χ0v) is 17.3. The van der Waals surface area contributed by atoms with Crippen LogP contribution in [0.25, 0.3) is 22.5 Å². The molecule has 150 valence electrons. The van der Waals surface area contributed by atoms with E-state index in [2.05, 4.69) is 27.6 Å². The molecule has 0 saturated heterocycles. The van der Waals surface area contributed by atoms with Gasteiger partial charge in [0.15, 0.2) is 0 Å². The molecule has 0 aliphatic carbocycles. The van der Waals surface area contributed by atoms with Crippen LogP contribution in [0.3, 0.4) is 0 Å². The van der Waals surface area contributed by atoms with Gasteiger partial charge in [0.25, 0.3) is 0 Å². The van der Waals surface area contributed by atoms with Crippen LogP contribution in [-0.2, 0) is 11.2 Å². The van der Waals surface area contributed by atoms with E-state index in [4.69, 9.17) is 27.7 Å². The molecule has 1 amide bonds. The van der Waals surface area contributed by atoms with E-state index in [-0.39, 0.29) is 12.3 Å². The lowest BCUT2D eigenvalue weighted by Crippen LogP contribution is -2.13. The van der Waals surface area contributed by atoms with Gasteiger partial charge >= 0.3 is 0 Å². The smallest absolute Gasteiger partial charge is 0.227 e. The van der Waals surface area contributed by atoms with E-state index in [1.165, 1.54) is 0 Å². The second-order valence-corrected chi connectivity index (χ2v) is 7.41. The van der Waals surface area contributed by atoms with Gasteiger partial charge in [0.1, 0.15) is 0 Å². The third-order valence-corrected chi connectivity index (χ3v) is 5.14. The number of para-hydroxylation sites is 1. The van der Waals surface area contributed by atoms with Crippen LogP contribution in [0.4, 0.5) is 5.69 Å². The molecular weight excluding hydrogens is 421 g/mol. The maximum Gasteiger partial charge on any atom is 0.227 e. The summed E-state index contributed by atoms with van der Waals surface area (Å²) in [6.07, 6.45) is 0.471. The Morgan fingerprint density at radius 1 is 0.833 bits per heavy atom. The van der Waals surface area contributed by atoms with Crippen molar-refractivity contribution >= 4 is 34.8 Å². The molecule has 0 bridgehead atoms. The Hall–Kier alpha value is -3.15. The molecule has 7 heteroatoms. The number of benzene rings is 3. The standard InChI is InChI=1S/C23H17Cl2N3O2/c24-18-7-4-8-19(25)22(18)26-20(29)13-14-21-27-23(28-30-21)17-11-9-16(10-12-17)15-5-2-1-3-6-15/h1-12H,13-14H2,(H,26,29). The molecule has 1 N–H and O–H groups in total. The molecule has 0 radical (unpaired) electrons. The fraction of sp³-hybridized carbons (Fsp3) is 0.0870. The summed E-state index contributed by atoms with van der Waals surface area (Å²) in [6.45, 7) is 0. The average molecular weight is 438 g/mol. The number of hydrogen-bond acceptors (Lipinski definition) is 4. The summed E-state index contributed by atoms with van der Waals surface area (Å²) >= 11 is 12.1. The van der Waals surface area contributed by atoms with Gasteiger partial charge in [-0.25, -0.2) is 0 Å². The number of nitrogens with one attached hydrogen (secondary N) is 1. The summed E-state index contributed by atoms with van der Waals surface area (Å²) in [5.41, 5.74) is 3.49. The molecule has 4 aromatic rings. The molecule has 0 aliphatic heterocycles. The van der Waals surface area contributed by atoms with E-state index >= 15 is 0 Å². The van der Waals surface area contributed by atoms with Crippen molar-refractivity contribution in [1.82, 2.24) is 10.1 Å². The zero-order chi connectivity index (χ0) is 20.9. The summed E-state index contributed by atoms with van der Waals surface area (Å²) < 4.78 is 5.29. The Morgan fingerprint density at radius 3 is 2.17 bits per heavy atom. The second kappa shape index (κ2) is 9.11. The van der Waals surface area contributed by atoms with E-state index in [1.807, 2.05) is 42.5 Å². The van der Waals surface area contributed by atoms with Crippen LogP contribution in [-0.4, -0.2) is 16.0 Å². The van der Waals surface area contributed by atoms with Crippen molar-refractivity contribution in [3.05, 3.63) is 88.7 Å². The molecule has 0 fully saturated rings. The topological polar surface area (TPSA) is 68.0 Å². The number of rotatable bonds is 6. The number of hydrogen-bond donors (Lipinski definition) is 1. The number of aromatic nitrogens is 2. The molecule has 4 rings (SSSR count). The van der Waals surface area contributed by atoms with E-state index in [9.17, 15) is 4.79 Å². The molecule has 0 spiro atoms. The molecule has 1 heterocycles. The van der Waals surface area contributed by atoms with Crippen LogP contribution in [0.2, 0.25) is 10.0 Å². The lowest BCUT2D eigenvalue weighted by Gasteiger charge is -2.08. The quantitative estimate of drug-likeness (QED) is 0.385. The summed E-state index contributed by atoms with van der Waals surface area (Å²) in [7, 11) is 0. The highest BCUT2D eigenvalue weighted by atomic mass is 35.5. The number of amides is 1. The Kier molecular flexibility index (Phi) is 6.12. The maximum absolute atomic E-state index is 12.2. The Labute approximate surface area is 183 Å². The summed E-state index contributed by atoms with van der Waals surface area (Å²) in [6, 6.07) is 23.1. The highest BCUT2D eigenvalue weighted by Gasteiger charge is 2.13. The van der Waals surface area contributed by atoms with Crippen LogP contribution in [0.5, 0.6) is 0 Å². The fourth-order valence-electron chi connectivity index (χ4n) is 2.96. The largest absolute Gasteiger partial charge is 0.339 e. The molecule has 0 unspecified atom stereocenters. The van der Waals surface area contributed by atoms with Crippen molar-refractivity contribution in [2.45, 2.75) is 12.8 Å². The van der Waals surface area contributed by atoms with Crippen LogP contribution >= 0.6 is 23.2 Å². The molecule has 3 aromatic carbocycles. The maximum atomic E-state index is 12.2. The van der Waals surface area contributed by atoms with Crippen molar-refractivity contribution in [2.75, 3.05) is 5.32 Å². The van der Waals surface area contributed by atoms with Crippen molar-refractivity contribution < 1.29 is 9.32 Å². The molecule has 1 aromatic heterocycles. The van der Waals surface area contributed by atoms with E-state index in [1.54, 1.807) is 18.2 Å². The van der Waals surface area contributed by atoms with Gasteiger partial charge in [0.05, 0.1) is 15.7 Å². The number of nitrogens with zero attached hydrogens (tertiary/aromatic N) is 2. The first-order chi connectivity index (χ1) is 14.6. The van der Waals surface area contributed by atoms with Gasteiger partial charge in [-0.05, 0) is 23.3 Å². The number of carbonyl (C=O) groups excluding carboxylic acids is 1. The Bertz CT molecular complexity index is 1140. The minimum atomic E-state index is -0.239. The highest BCUT2D eigenvalue weighted by molar-refractivity contribution is 6.39. The summed E-state index contributed by atoms with van der Waals surface area (Å²) in [5, 5.41) is 7.50. The third kappa shape index (κ3) is 4.70. The van der Waals surface area contributed by atoms with E-state index in [0.29, 0.717) is 33.9 Å². The number of anilines is 1. The molecular formula is C23H17Cl2N3O2. The fourth-order valence-corrected chi connectivity index (χ4v) is 3.45. The third-order valence-electron chi connectivity index (χ3n) is 4.51. The molecule has 0 saturated carbocycles. The van der Waals surface area contributed by atoms with Crippen molar-refractivity contribution in [2.24, 2.45) is 0 Å². The average Bonchev–Trinajstić information content (AvgIpc) is 3.25.